The summed E-state index contributed by atoms with van der Waals surface area (Å²) in [7, 11) is -3.47. The molecule has 1 saturated heterocycles. The van der Waals surface area contributed by atoms with Gasteiger partial charge in [-0.05, 0) is 51.0 Å². The zero-order valence-corrected chi connectivity index (χ0v) is 21.3. The van der Waals surface area contributed by atoms with Crippen molar-refractivity contribution in [2.24, 2.45) is 0 Å². The molecule has 0 saturated carbocycles. The first kappa shape index (κ1) is 24.8. The third kappa shape index (κ3) is 6.64. The van der Waals surface area contributed by atoms with Crippen LogP contribution in [0.2, 0.25) is 5.02 Å². The molecule has 0 aliphatic carbocycles. The second kappa shape index (κ2) is 10.5. The summed E-state index contributed by atoms with van der Waals surface area (Å²) >= 11 is 6.33. The number of para-hydroxylation sites is 2. The number of benzene rings is 1. The Labute approximate surface area is 210 Å². The second-order valence-electron chi connectivity index (χ2n) is 8.44. The van der Waals surface area contributed by atoms with Gasteiger partial charge in [0.05, 0.1) is 29.9 Å². The molecule has 0 amide bonds. The van der Waals surface area contributed by atoms with Crippen molar-refractivity contribution in [3.05, 3.63) is 47.6 Å². The molecule has 3 aromatic rings. The summed E-state index contributed by atoms with van der Waals surface area (Å²) in [6.45, 7) is 5.84. The summed E-state index contributed by atoms with van der Waals surface area (Å²) in [4.78, 5) is 15.7. The van der Waals surface area contributed by atoms with Crippen molar-refractivity contribution in [2.45, 2.75) is 32.8 Å². The van der Waals surface area contributed by atoms with Crippen LogP contribution in [0.15, 0.2) is 42.6 Å². The highest BCUT2D eigenvalue weighted by molar-refractivity contribution is 7.92. The highest BCUT2D eigenvalue weighted by Crippen LogP contribution is 2.32. The summed E-state index contributed by atoms with van der Waals surface area (Å²) in [6, 6.07) is 10.7. The van der Waals surface area contributed by atoms with E-state index in [0.717, 1.165) is 38.0 Å². The molecule has 1 fully saturated rings. The van der Waals surface area contributed by atoms with Crippen molar-refractivity contribution < 1.29 is 13.2 Å². The molecule has 35 heavy (non-hydrogen) atoms. The molecule has 12 heteroatoms. The van der Waals surface area contributed by atoms with Gasteiger partial charge < -0.3 is 20.3 Å². The Balaban J connectivity index is 1.60. The van der Waals surface area contributed by atoms with E-state index in [1.165, 1.54) is 6.20 Å². The monoisotopic (exact) mass is 517 g/mol. The van der Waals surface area contributed by atoms with Crippen molar-refractivity contribution in [1.29, 1.82) is 0 Å². The third-order valence-corrected chi connectivity index (χ3v) is 5.96. The van der Waals surface area contributed by atoms with Gasteiger partial charge in [-0.1, -0.05) is 23.7 Å². The number of nitrogens with zero attached hydrogens (tertiary/aromatic N) is 4. The van der Waals surface area contributed by atoms with Crippen LogP contribution >= 0.6 is 11.6 Å². The lowest BCUT2D eigenvalue weighted by Crippen LogP contribution is -2.20. The third-order valence-electron chi connectivity index (χ3n) is 5.09. The Kier molecular flexibility index (Phi) is 7.46. The van der Waals surface area contributed by atoms with E-state index in [0.29, 0.717) is 28.8 Å². The largest absolute Gasteiger partial charge is 0.473 e. The van der Waals surface area contributed by atoms with Gasteiger partial charge in [0.1, 0.15) is 16.5 Å². The van der Waals surface area contributed by atoms with Gasteiger partial charge in [0.15, 0.2) is 5.82 Å². The molecule has 0 spiro atoms. The van der Waals surface area contributed by atoms with Crippen LogP contribution in [0.5, 0.6) is 5.88 Å². The average Bonchev–Trinajstić information content (AvgIpc) is 3.32. The molecule has 3 heterocycles. The zero-order valence-electron chi connectivity index (χ0n) is 19.7. The van der Waals surface area contributed by atoms with Gasteiger partial charge >= 0.3 is 0 Å². The molecule has 3 N–H and O–H groups in total. The first-order valence-electron chi connectivity index (χ1n) is 11.2. The number of hydrogen-bond acceptors (Lipinski definition) is 9. The topological polar surface area (TPSA) is 121 Å². The van der Waals surface area contributed by atoms with E-state index in [-0.39, 0.29) is 17.1 Å². The van der Waals surface area contributed by atoms with Crippen molar-refractivity contribution in [3.63, 3.8) is 0 Å². The first-order chi connectivity index (χ1) is 16.7. The molecule has 0 atom stereocenters. The second-order valence-corrected chi connectivity index (χ2v) is 10.6. The normalized spacial score (nSPS) is 13.7. The first-order valence-corrected chi connectivity index (χ1v) is 13.5. The number of pyridine rings is 1. The molecule has 1 aliphatic heterocycles. The Morgan fingerprint density at radius 3 is 2.40 bits per heavy atom. The van der Waals surface area contributed by atoms with Crippen LogP contribution in [0.3, 0.4) is 0 Å². The minimum atomic E-state index is -3.47. The molecule has 186 valence electrons. The van der Waals surface area contributed by atoms with Crippen LogP contribution in [-0.2, 0) is 10.0 Å². The van der Waals surface area contributed by atoms with Crippen LogP contribution < -0.4 is 25.0 Å². The van der Waals surface area contributed by atoms with Gasteiger partial charge in [-0.15, -0.1) is 0 Å². The lowest BCUT2D eigenvalue weighted by Gasteiger charge is -2.20. The van der Waals surface area contributed by atoms with E-state index < -0.39 is 10.0 Å². The summed E-state index contributed by atoms with van der Waals surface area (Å²) in [5.41, 5.74) is 1.48. The Hall–Kier alpha value is -3.31. The average molecular weight is 518 g/mol. The van der Waals surface area contributed by atoms with E-state index in [2.05, 4.69) is 30.2 Å². The van der Waals surface area contributed by atoms with Gasteiger partial charge in [-0.2, -0.15) is 9.97 Å². The fourth-order valence-corrected chi connectivity index (χ4v) is 4.32. The van der Waals surface area contributed by atoms with Gasteiger partial charge in [-0.25, -0.2) is 13.4 Å². The summed E-state index contributed by atoms with van der Waals surface area (Å²) in [5, 5.41) is 6.51. The predicted molar refractivity (Wildman–Crippen MR) is 140 cm³/mol. The Morgan fingerprint density at radius 1 is 1.00 bits per heavy atom. The maximum atomic E-state index is 11.7. The summed E-state index contributed by atoms with van der Waals surface area (Å²) < 4.78 is 31.9. The Morgan fingerprint density at radius 2 is 1.71 bits per heavy atom. The standard InChI is InChI=1S/C23H28ClN7O3S/c1-15(2)34-22-19(10-11-20(28-22)31-12-6-7-13-31)27-23-25-14-16(24)21(29-23)26-17-8-4-5-9-18(17)30-35(3,32)33/h4-5,8-11,14-15,30H,6-7,12-13H2,1-3H3,(H2,25,26,27,29). The van der Waals surface area contributed by atoms with Gasteiger partial charge in [0.25, 0.3) is 0 Å². The zero-order chi connectivity index (χ0) is 25.0. The number of sulfonamides is 1. The number of aromatic nitrogens is 3. The molecule has 4 rings (SSSR count). The maximum Gasteiger partial charge on any atom is 0.240 e. The number of halogens is 1. The number of rotatable bonds is 9. The number of nitrogens with one attached hydrogen (secondary N) is 3. The summed E-state index contributed by atoms with van der Waals surface area (Å²) in [6.07, 6.45) is 4.78. The molecule has 1 aromatic carbocycles. The van der Waals surface area contributed by atoms with E-state index in [9.17, 15) is 8.42 Å². The molecule has 1 aliphatic rings. The van der Waals surface area contributed by atoms with Crippen LogP contribution in [0.1, 0.15) is 26.7 Å². The SMILES string of the molecule is CC(C)Oc1nc(N2CCCC2)ccc1Nc1ncc(Cl)c(Nc2ccccc2NS(C)(=O)=O)n1. The predicted octanol–water partition coefficient (Wildman–Crippen LogP) is 4.77. The van der Waals surface area contributed by atoms with Crippen LogP contribution in [0, 0.1) is 0 Å². The van der Waals surface area contributed by atoms with E-state index in [1.807, 2.05) is 26.0 Å². The smallest absolute Gasteiger partial charge is 0.240 e. The molecule has 0 unspecified atom stereocenters. The van der Waals surface area contributed by atoms with Crippen LogP contribution in [0.25, 0.3) is 0 Å². The van der Waals surface area contributed by atoms with Gasteiger partial charge in [0.2, 0.25) is 21.9 Å². The minimum absolute atomic E-state index is 0.0703. The van der Waals surface area contributed by atoms with Crippen molar-refractivity contribution >= 4 is 56.3 Å². The quantitative estimate of drug-likeness (QED) is 0.368. The summed E-state index contributed by atoms with van der Waals surface area (Å²) in [5.74, 6) is 1.91. The molecular weight excluding hydrogens is 490 g/mol. The van der Waals surface area contributed by atoms with E-state index in [4.69, 9.17) is 21.3 Å². The van der Waals surface area contributed by atoms with Gasteiger partial charge in [-0.3, -0.25) is 4.72 Å². The molecule has 2 aromatic heterocycles. The van der Waals surface area contributed by atoms with Crippen molar-refractivity contribution in [2.75, 3.05) is 39.6 Å². The highest BCUT2D eigenvalue weighted by atomic mass is 35.5. The lowest BCUT2D eigenvalue weighted by molar-refractivity contribution is 0.234. The van der Waals surface area contributed by atoms with Crippen LogP contribution in [0.4, 0.5) is 34.6 Å². The Bertz CT molecular complexity index is 1300. The minimum Gasteiger partial charge on any atom is -0.473 e. The van der Waals surface area contributed by atoms with Gasteiger partial charge in [0, 0.05) is 13.1 Å². The number of hydrogen-bond donors (Lipinski definition) is 3. The highest BCUT2D eigenvalue weighted by Gasteiger charge is 2.18. The fraction of sp³-hybridized carbons (Fsp3) is 0.348. The van der Waals surface area contributed by atoms with Crippen LogP contribution in [-0.4, -0.2) is 48.8 Å². The van der Waals surface area contributed by atoms with Crippen molar-refractivity contribution in [1.82, 2.24) is 15.0 Å². The molecular formula is C23H28ClN7O3S. The molecule has 0 bridgehead atoms. The van der Waals surface area contributed by atoms with E-state index >= 15 is 0 Å². The van der Waals surface area contributed by atoms with E-state index in [1.54, 1.807) is 24.3 Å². The lowest BCUT2D eigenvalue weighted by atomic mass is 10.2. The number of anilines is 6. The number of ether oxygens (including phenoxy) is 1. The fourth-order valence-electron chi connectivity index (χ4n) is 3.61. The maximum absolute atomic E-state index is 11.7. The van der Waals surface area contributed by atoms with Crippen molar-refractivity contribution in [3.8, 4) is 5.88 Å². The molecule has 10 nitrogen and oxygen atoms in total. The molecule has 0 radical (unpaired) electrons.